The second-order valence-corrected chi connectivity index (χ2v) is 14.9. The predicted molar refractivity (Wildman–Crippen MR) is 208 cm³/mol. The first-order valence-corrected chi connectivity index (χ1v) is 21.5. The summed E-state index contributed by atoms with van der Waals surface area (Å²) in [5, 5.41) is 21.6. The molecule has 4 N–H and O–H groups in total. The van der Waals surface area contributed by atoms with Crippen molar-refractivity contribution < 1.29 is 47.8 Å². The van der Waals surface area contributed by atoms with Crippen molar-refractivity contribution in [1.82, 2.24) is 5.32 Å². The van der Waals surface area contributed by atoms with Crippen molar-refractivity contribution in [2.45, 2.75) is 180 Å². The fourth-order valence-electron chi connectivity index (χ4n) is 5.26. The van der Waals surface area contributed by atoms with Crippen LogP contribution in [0.4, 0.5) is 0 Å². The van der Waals surface area contributed by atoms with E-state index in [0.29, 0.717) is 12.8 Å². The maximum absolute atomic E-state index is 12.3. The zero-order valence-electron chi connectivity index (χ0n) is 32.4. The van der Waals surface area contributed by atoms with Crippen molar-refractivity contribution in [3.05, 3.63) is 36.5 Å². The summed E-state index contributed by atoms with van der Waals surface area (Å²) in [5.74, 6) is -2.39. The van der Waals surface area contributed by atoms with Crippen LogP contribution in [0.3, 0.4) is 0 Å². The van der Waals surface area contributed by atoms with Gasteiger partial charge in [0.2, 0.25) is 5.91 Å². The van der Waals surface area contributed by atoms with E-state index in [1.54, 1.807) is 0 Å². The van der Waals surface area contributed by atoms with Crippen molar-refractivity contribution in [3.63, 3.8) is 0 Å². The number of aliphatic hydroxyl groups is 1. The zero-order valence-corrected chi connectivity index (χ0v) is 33.3. The van der Waals surface area contributed by atoms with Crippen LogP contribution in [0.15, 0.2) is 36.5 Å². The summed E-state index contributed by atoms with van der Waals surface area (Å²) in [7, 11) is -4.74. The smallest absolute Gasteiger partial charge is 0.472 e. The minimum absolute atomic E-state index is 0.141. The first-order valence-electron chi connectivity index (χ1n) is 20.0. The van der Waals surface area contributed by atoms with Gasteiger partial charge >= 0.3 is 19.8 Å². The highest BCUT2D eigenvalue weighted by atomic mass is 31.2. The van der Waals surface area contributed by atoms with Gasteiger partial charge in [-0.3, -0.25) is 18.6 Å². The normalized spacial score (nSPS) is 14.2. The number of aliphatic hydroxyl groups excluding tert-OH is 1. The lowest BCUT2D eigenvalue weighted by Crippen LogP contribution is -2.43. The third-order valence-electron chi connectivity index (χ3n) is 8.43. The molecule has 0 saturated carbocycles. The van der Waals surface area contributed by atoms with Gasteiger partial charge in [-0.05, 0) is 51.4 Å². The van der Waals surface area contributed by atoms with Gasteiger partial charge in [-0.1, -0.05) is 140 Å². The van der Waals surface area contributed by atoms with Gasteiger partial charge in [0, 0.05) is 12.8 Å². The van der Waals surface area contributed by atoms with Gasteiger partial charge in [0.15, 0.2) is 6.04 Å². The molecule has 3 atom stereocenters. The Morgan fingerprint density at radius 1 is 0.615 bits per heavy atom. The van der Waals surface area contributed by atoms with Crippen molar-refractivity contribution in [2.24, 2.45) is 0 Å². The van der Waals surface area contributed by atoms with Gasteiger partial charge in [0.05, 0.1) is 13.2 Å². The Hall–Kier alpha value is -2.30. The number of nitrogens with one attached hydrogen (secondary N) is 1. The van der Waals surface area contributed by atoms with Gasteiger partial charge in [0.1, 0.15) is 12.7 Å². The highest BCUT2D eigenvalue weighted by molar-refractivity contribution is 7.47. The van der Waals surface area contributed by atoms with Crippen LogP contribution in [-0.2, 0) is 32.7 Å². The average Bonchev–Trinajstić information content (AvgIpc) is 3.11. The van der Waals surface area contributed by atoms with Crippen LogP contribution in [0.25, 0.3) is 0 Å². The Labute approximate surface area is 314 Å². The molecule has 0 aromatic heterocycles. The summed E-state index contributed by atoms with van der Waals surface area (Å²) in [4.78, 5) is 45.5. The molecule has 0 radical (unpaired) electrons. The highest BCUT2D eigenvalue weighted by Gasteiger charge is 2.28. The van der Waals surface area contributed by atoms with E-state index in [2.05, 4.69) is 55.6 Å². The fourth-order valence-corrected chi connectivity index (χ4v) is 6.03. The van der Waals surface area contributed by atoms with E-state index in [1.165, 1.54) is 57.8 Å². The van der Waals surface area contributed by atoms with Crippen LogP contribution in [0.1, 0.15) is 168 Å². The van der Waals surface area contributed by atoms with Gasteiger partial charge in [0.25, 0.3) is 0 Å². The summed E-state index contributed by atoms with van der Waals surface area (Å²) in [6, 6.07) is -1.55. The maximum atomic E-state index is 12.3. The lowest BCUT2D eigenvalue weighted by atomic mass is 10.0. The fraction of sp³-hybridized carbons (Fsp3) is 0.775. The number of ether oxygens (including phenoxy) is 1. The predicted octanol–water partition coefficient (Wildman–Crippen LogP) is 9.66. The van der Waals surface area contributed by atoms with E-state index in [9.17, 15) is 34.1 Å². The molecule has 52 heavy (non-hydrogen) atoms. The first kappa shape index (κ1) is 49.7. The number of hydrogen-bond donors (Lipinski definition) is 4. The van der Waals surface area contributed by atoms with Crippen LogP contribution >= 0.6 is 7.82 Å². The van der Waals surface area contributed by atoms with Crippen molar-refractivity contribution in [3.8, 4) is 0 Å². The number of aliphatic carboxylic acids is 1. The van der Waals surface area contributed by atoms with Crippen molar-refractivity contribution >= 4 is 25.7 Å². The van der Waals surface area contributed by atoms with Crippen LogP contribution in [-0.4, -0.2) is 64.9 Å². The molecular weight excluding hydrogens is 685 g/mol. The Bertz CT molecular complexity index is 1030. The molecular formula is C40H72NO10P. The molecule has 1 amide bonds. The van der Waals surface area contributed by atoms with Gasteiger partial charge in [-0.15, -0.1) is 0 Å². The van der Waals surface area contributed by atoms with Gasteiger partial charge < -0.3 is 25.2 Å². The number of carbonyl (C=O) groups is 3. The van der Waals surface area contributed by atoms with E-state index in [-0.39, 0.29) is 12.8 Å². The number of amides is 1. The molecule has 0 spiro atoms. The average molecular weight is 758 g/mol. The molecule has 0 fully saturated rings. The molecule has 0 bridgehead atoms. The molecule has 0 aromatic carbocycles. The quantitative estimate of drug-likeness (QED) is 0.0207. The Morgan fingerprint density at radius 3 is 1.62 bits per heavy atom. The minimum atomic E-state index is -4.74. The molecule has 11 nitrogen and oxygen atoms in total. The number of allylic oxidation sites excluding steroid dienone is 6. The van der Waals surface area contributed by atoms with E-state index in [4.69, 9.17) is 13.8 Å². The summed E-state index contributed by atoms with van der Waals surface area (Å²) in [6.45, 7) is 2.44. The Balaban J connectivity index is 3.87. The molecule has 0 aromatic rings. The number of carboxylic acids is 1. The lowest BCUT2D eigenvalue weighted by molar-refractivity contribution is -0.147. The second kappa shape index (κ2) is 35.7. The van der Waals surface area contributed by atoms with Crippen LogP contribution in [0.5, 0.6) is 0 Å². The molecule has 0 heterocycles. The van der Waals surface area contributed by atoms with E-state index < -0.39 is 57.6 Å². The number of rotatable bonds is 37. The van der Waals surface area contributed by atoms with Gasteiger partial charge in [-0.2, -0.15) is 0 Å². The summed E-state index contributed by atoms with van der Waals surface area (Å²) >= 11 is 0. The van der Waals surface area contributed by atoms with Crippen LogP contribution in [0, 0.1) is 0 Å². The molecule has 0 aliphatic carbocycles. The SMILES string of the molecule is CCCCC/C=C\C/C=C\C/C=C\CCCCCCCCCCCCC(=O)NC(COP(=O)(O)OCC(O)COC(=O)CCCCCCC)C(=O)O. The van der Waals surface area contributed by atoms with Crippen molar-refractivity contribution in [2.75, 3.05) is 19.8 Å². The number of hydrogen-bond acceptors (Lipinski definition) is 8. The Morgan fingerprint density at radius 2 is 1.06 bits per heavy atom. The topological polar surface area (TPSA) is 169 Å². The van der Waals surface area contributed by atoms with E-state index in [1.807, 2.05) is 0 Å². The number of carbonyl (C=O) groups excluding carboxylic acids is 2. The number of phosphoric acid groups is 1. The number of carboxylic acid groups (broad SMARTS) is 1. The molecule has 3 unspecified atom stereocenters. The molecule has 0 aliphatic heterocycles. The largest absolute Gasteiger partial charge is 0.480 e. The minimum Gasteiger partial charge on any atom is -0.480 e. The van der Waals surface area contributed by atoms with Crippen molar-refractivity contribution in [1.29, 1.82) is 0 Å². The summed E-state index contributed by atoms with van der Waals surface area (Å²) in [5.41, 5.74) is 0. The maximum Gasteiger partial charge on any atom is 0.472 e. The van der Waals surface area contributed by atoms with E-state index in [0.717, 1.165) is 70.6 Å². The third-order valence-corrected chi connectivity index (χ3v) is 9.38. The second-order valence-electron chi connectivity index (χ2n) is 13.5. The van der Waals surface area contributed by atoms with E-state index >= 15 is 0 Å². The van der Waals surface area contributed by atoms with Crippen LogP contribution < -0.4 is 5.32 Å². The zero-order chi connectivity index (χ0) is 38.5. The van der Waals surface area contributed by atoms with Gasteiger partial charge in [-0.25, -0.2) is 9.36 Å². The van der Waals surface area contributed by atoms with Crippen LogP contribution in [0.2, 0.25) is 0 Å². The Kier molecular flexibility index (Phi) is 34.1. The monoisotopic (exact) mass is 757 g/mol. The highest BCUT2D eigenvalue weighted by Crippen LogP contribution is 2.43. The molecule has 302 valence electrons. The lowest BCUT2D eigenvalue weighted by Gasteiger charge is -2.18. The number of phosphoric ester groups is 1. The molecule has 0 saturated heterocycles. The molecule has 12 heteroatoms. The standard InChI is InChI=1S/C40H72NO10P/c1-3-5-7-9-10-11-12-13-14-15-16-17-18-19-20-21-22-23-24-25-26-28-29-31-38(43)41-37(40(45)46)35-51-52(47,48)50-34-36(42)33-49-39(44)32-30-27-8-6-4-2/h10-11,13-14,16-17,36-37,42H,3-9,12,15,18-35H2,1-2H3,(H,41,43)(H,45,46)(H,47,48)/b11-10-,14-13-,17-16-. The molecule has 0 aliphatic rings. The summed E-state index contributed by atoms with van der Waals surface area (Å²) in [6.07, 6.45) is 36.6. The number of unbranched alkanes of at least 4 members (excludes halogenated alkanes) is 17. The number of esters is 1. The first-order chi connectivity index (χ1) is 25.1. The molecule has 0 rings (SSSR count). The summed E-state index contributed by atoms with van der Waals surface area (Å²) < 4.78 is 26.5. The third kappa shape index (κ3) is 34.8.